The standard InChI is InChI=1S/C20H21N3O8S/c24-14(22-15-16(25)23-13(19(28)29)9-10-32-17(15)23)8-4-7-12(18(26)27)21-20(30)31-11-5-2-1-3-6-11/h1-3,5-6,9,12,15,17H,4,7-8,10H2,(H,21,30)(H,22,24)(H,26,27)(H,28,29)/t12?,15?,17-/m0/s1. The fraction of sp³-hybridized carbons (Fsp3) is 0.350. The van der Waals surface area contributed by atoms with Gasteiger partial charge in [-0.15, -0.1) is 11.8 Å². The number of hydrogen-bond acceptors (Lipinski definition) is 7. The minimum atomic E-state index is -1.27. The Morgan fingerprint density at radius 3 is 2.56 bits per heavy atom. The molecule has 3 amide bonds. The third-order valence-corrected chi connectivity index (χ3v) is 6.01. The van der Waals surface area contributed by atoms with E-state index in [1.807, 2.05) is 0 Å². The molecule has 2 aliphatic rings. The van der Waals surface area contributed by atoms with E-state index >= 15 is 0 Å². The third-order valence-electron chi connectivity index (χ3n) is 4.82. The van der Waals surface area contributed by atoms with E-state index in [9.17, 15) is 29.1 Å². The van der Waals surface area contributed by atoms with Crippen molar-refractivity contribution in [2.24, 2.45) is 0 Å². The van der Waals surface area contributed by atoms with Crippen molar-refractivity contribution in [2.45, 2.75) is 36.7 Å². The van der Waals surface area contributed by atoms with Crippen molar-refractivity contribution in [1.29, 1.82) is 0 Å². The quantitative estimate of drug-likeness (QED) is 0.387. The van der Waals surface area contributed by atoms with Crippen molar-refractivity contribution in [3.63, 3.8) is 0 Å². The van der Waals surface area contributed by atoms with E-state index in [1.54, 1.807) is 30.3 Å². The number of carboxylic acid groups (broad SMARTS) is 2. The van der Waals surface area contributed by atoms with Gasteiger partial charge in [0.1, 0.15) is 28.9 Å². The first-order chi connectivity index (χ1) is 15.3. The van der Waals surface area contributed by atoms with Crippen LogP contribution in [0, 0.1) is 0 Å². The lowest BCUT2D eigenvalue weighted by molar-refractivity contribution is -0.150. The molecule has 0 aliphatic carbocycles. The van der Waals surface area contributed by atoms with E-state index in [0.29, 0.717) is 5.75 Å². The number of carboxylic acids is 2. The zero-order valence-corrected chi connectivity index (χ0v) is 17.5. The van der Waals surface area contributed by atoms with Gasteiger partial charge in [0, 0.05) is 12.2 Å². The lowest BCUT2D eigenvalue weighted by Crippen LogP contribution is -2.70. The highest BCUT2D eigenvalue weighted by atomic mass is 32.2. The number of nitrogens with one attached hydrogen (secondary N) is 2. The normalized spacial score (nSPS) is 20.2. The number of hydrogen-bond donors (Lipinski definition) is 4. The summed E-state index contributed by atoms with van der Waals surface area (Å²) in [4.78, 5) is 60.1. The zero-order valence-electron chi connectivity index (χ0n) is 16.7. The largest absolute Gasteiger partial charge is 0.480 e. The van der Waals surface area contributed by atoms with Crippen LogP contribution in [0.3, 0.4) is 0 Å². The number of thioether (sulfide) groups is 1. The maximum Gasteiger partial charge on any atom is 0.413 e. The van der Waals surface area contributed by atoms with Gasteiger partial charge in [-0.3, -0.25) is 14.5 Å². The minimum Gasteiger partial charge on any atom is -0.480 e. The van der Waals surface area contributed by atoms with Gasteiger partial charge >= 0.3 is 18.0 Å². The van der Waals surface area contributed by atoms with Gasteiger partial charge in [-0.1, -0.05) is 18.2 Å². The topological polar surface area (TPSA) is 162 Å². The maximum absolute atomic E-state index is 12.2. The molecular weight excluding hydrogens is 442 g/mol. The van der Waals surface area contributed by atoms with E-state index in [2.05, 4.69) is 10.6 Å². The Morgan fingerprint density at radius 2 is 1.91 bits per heavy atom. The fourth-order valence-electron chi connectivity index (χ4n) is 3.28. The summed E-state index contributed by atoms with van der Waals surface area (Å²) in [7, 11) is 0. The van der Waals surface area contributed by atoms with Crippen molar-refractivity contribution < 1.29 is 38.9 Å². The molecule has 1 aromatic rings. The van der Waals surface area contributed by atoms with Crippen LogP contribution >= 0.6 is 11.8 Å². The van der Waals surface area contributed by atoms with Crippen LogP contribution in [0.4, 0.5) is 4.79 Å². The summed E-state index contributed by atoms with van der Waals surface area (Å²) in [5, 5.41) is 22.8. The van der Waals surface area contributed by atoms with E-state index in [0.717, 1.165) is 4.90 Å². The van der Waals surface area contributed by atoms with Crippen molar-refractivity contribution >= 4 is 41.6 Å². The van der Waals surface area contributed by atoms with Crippen LogP contribution in [0.1, 0.15) is 19.3 Å². The van der Waals surface area contributed by atoms with Gasteiger partial charge in [0.2, 0.25) is 5.91 Å². The smallest absolute Gasteiger partial charge is 0.413 e. The van der Waals surface area contributed by atoms with Gasteiger partial charge in [0.05, 0.1) is 0 Å². The van der Waals surface area contributed by atoms with Crippen molar-refractivity contribution in [2.75, 3.05) is 5.75 Å². The first-order valence-electron chi connectivity index (χ1n) is 9.71. The molecule has 2 unspecified atom stereocenters. The molecule has 0 radical (unpaired) electrons. The predicted octanol–water partition coefficient (Wildman–Crippen LogP) is 0.767. The summed E-state index contributed by atoms with van der Waals surface area (Å²) in [6.07, 6.45) is 0.562. The van der Waals surface area contributed by atoms with Crippen LogP contribution in [0.25, 0.3) is 0 Å². The average Bonchev–Trinajstić information content (AvgIpc) is 2.76. The van der Waals surface area contributed by atoms with Gasteiger partial charge in [0.15, 0.2) is 0 Å². The molecule has 11 nitrogen and oxygen atoms in total. The second-order valence-electron chi connectivity index (χ2n) is 7.00. The number of aliphatic carboxylic acids is 2. The van der Waals surface area contributed by atoms with Crippen LogP contribution in [-0.2, 0) is 19.2 Å². The van der Waals surface area contributed by atoms with E-state index in [4.69, 9.17) is 9.84 Å². The molecule has 12 heteroatoms. The number of carbonyl (C=O) groups excluding carboxylic acids is 3. The number of nitrogens with zero attached hydrogens (tertiary/aromatic N) is 1. The molecule has 3 rings (SSSR count). The van der Waals surface area contributed by atoms with Crippen LogP contribution in [0.15, 0.2) is 42.1 Å². The Labute approximate surface area is 186 Å². The molecule has 170 valence electrons. The minimum absolute atomic E-state index is 0.0263. The van der Waals surface area contributed by atoms with Crippen molar-refractivity contribution in [3.05, 3.63) is 42.1 Å². The summed E-state index contributed by atoms with van der Waals surface area (Å²) in [5.74, 6) is -2.77. The lowest BCUT2D eigenvalue weighted by Gasteiger charge is -2.48. The Bertz CT molecular complexity index is 951. The molecule has 0 saturated carbocycles. The zero-order chi connectivity index (χ0) is 23.3. The van der Waals surface area contributed by atoms with Crippen molar-refractivity contribution in [1.82, 2.24) is 15.5 Å². The average molecular weight is 463 g/mol. The Hall–Kier alpha value is -3.54. The number of amides is 3. The highest BCUT2D eigenvalue weighted by Gasteiger charge is 2.52. The van der Waals surface area contributed by atoms with E-state index < -0.39 is 47.3 Å². The van der Waals surface area contributed by atoms with E-state index in [1.165, 1.54) is 17.8 Å². The number of benzene rings is 1. The number of fused-ring (bicyclic) bond motifs is 1. The first kappa shape index (κ1) is 23.1. The fourth-order valence-corrected chi connectivity index (χ4v) is 4.47. The molecule has 1 saturated heterocycles. The summed E-state index contributed by atoms with van der Waals surface area (Å²) < 4.78 is 5.00. The molecule has 2 heterocycles. The van der Waals surface area contributed by atoms with Gasteiger partial charge in [-0.05, 0) is 31.1 Å². The number of rotatable bonds is 9. The number of carbonyl (C=O) groups is 5. The van der Waals surface area contributed by atoms with Gasteiger partial charge in [0.25, 0.3) is 5.91 Å². The summed E-state index contributed by atoms with van der Waals surface area (Å²) in [6.45, 7) is 0. The molecule has 1 fully saturated rings. The van der Waals surface area contributed by atoms with Gasteiger partial charge in [-0.2, -0.15) is 0 Å². The second kappa shape index (κ2) is 10.2. The lowest BCUT2D eigenvalue weighted by atomic mass is 10.0. The molecule has 0 aromatic heterocycles. The molecule has 2 aliphatic heterocycles. The summed E-state index contributed by atoms with van der Waals surface area (Å²) in [6, 6.07) is 6.06. The van der Waals surface area contributed by atoms with Crippen LogP contribution in [0.5, 0.6) is 5.75 Å². The van der Waals surface area contributed by atoms with Gasteiger partial charge in [-0.25, -0.2) is 14.4 Å². The number of para-hydroxylation sites is 1. The highest BCUT2D eigenvalue weighted by molar-refractivity contribution is 8.00. The Balaban J connectivity index is 1.43. The predicted molar refractivity (Wildman–Crippen MR) is 112 cm³/mol. The van der Waals surface area contributed by atoms with Crippen molar-refractivity contribution in [3.8, 4) is 5.75 Å². The van der Waals surface area contributed by atoms with Crippen LogP contribution in [-0.4, -0.2) is 68.2 Å². The molecule has 32 heavy (non-hydrogen) atoms. The second-order valence-corrected chi connectivity index (χ2v) is 8.15. The van der Waals surface area contributed by atoms with Gasteiger partial charge < -0.3 is 25.6 Å². The highest BCUT2D eigenvalue weighted by Crippen LogP contribution is 2.37. The molecule has 1 aromatic carbocycles. The number of β-lactam (4-membered cyclic amide) rings is 1. The Kier molecular flexibility index (Phi) is 7.36. The maximum atomic E-state index is 12.2. The third kappa shape index (κ3) is 5.38. The monoisotopic (exact) mass is 463 g/mol. The summed E-state index contributed by atoms with van der Waals surface area (Å²) >= 11 is 1.34. The SMILES string of the molecule is O=C(CCCC(NC(=O)Oc1ccccc1)C(=O)O)NC1C(=O)N2C(C(=O)O)=CCS[C@@H]12. The number of ether oxygens (including phenoxy) is 1. The molecular formula is C20H21N3O8S. The molecule has 3 atom stereocenters. The summed E-state index contributed by atoms with van der Waals surface area (Å²) in [5.41, 5.74) is -0.0954. The Morgan fingerprint density at radius 1 is 1.19 bits per heavy atom. The molecule has 0 bridgehead atoms. The molecule has 4 N–H and O–H groups in total. The van der Waals surface area contributed by atoms with Crippen LogP contribution in [0.2, 0.25) is 0 Å². The van der Waals surface area contributed by atoms with E-state index in [-0.39, 0.29) is 30.7 Å². The van der Waals surface area contributed by atoms with Crippen LogP contribution < -0.4 is 15.4 Å². The first-order valence-corrected chi connectivity index (χ1v) is 10.8. The molecule has 0 spiro atoms.